The monoisotopic (exact) mass is 345 g/mol. The minimum absolute atomic E-state index is 0.0335. The quantitative estimate of drug-likeness (QED) is 0.701. The molecule has 8 heteroatoms. The first kappa shape index (κ1) is 18.2. The lowest BCUT2D eigenvalue weighted by Crippen LogP contribution is -2.27. The van der Waals surface area contributed by atoms with E-state index in [0.29, 0.717) is 35.5 Å². The predicted octanol–water partition coefficient (Wildman–Crippen LogP) is 1.61. The lowest BCUT2D eigenvalue weighted by atomic mass is 10.0. The average molecular weight is 345 g/mol. The van der Waals surface area contributed by atoms with E-state index in [9.17, 15) is 14.4 Å². The predicted molar refractivity (Wildman–Crippen MR) is 91.1 cm³/mol. The van der Waals surface area contributed by atoms with E-state index in [2.05, 4.69) is 15.5 Å². The Kier molecular flexibility index (Phi) is 5.89. The standard InChI is InChI=1S/C17H19N3O5/c1-3-12-13(4-2)19-20-17(24)15(12)16(23)18-10-6-5-7-11(8-10)25-9-14(21)22/h5-8H,3-4,9H2,1-2H3,(H,18,23)(H,20,24)(H,21,22). The van der Waals surface area contributed by atoms with Gasteiger partial charge in [0.25, 0.3) is 11.5 Å². The number of hydrogen-bond donors (Lipinski definition) is 3. The molecule has 0 saturated carbocycles. The molecule has 1 aromatic heterocycles. The molecular weight excluding hydrogens is 326 g/mol. The molecule has 8 nitrogen and oxygen atoms in total. The van der Waals surface area contributed by atoms with E-state index >= 15 is 0 Å². The normalized spacial score (nSPS) is 10.3. The van der Waals surface area contributed by atoms with Crippen molar-refractivity contribution in [2.24, 2.45) is 0 Å². The zero-order valence-corrected chi connectivity index (χ0v) is 14.0. The minimum atomic E-state index is -1.10. The summed E-state index contributed by atoms with van der Waals surface area (Å²) in [5, 5.41) is 17.6. The number of aliphatic carboxylic acids is 1. The molecule has 0 aliphatic heterocycles. The Balaban J connectivity index is 2.27. The van der Waals surface area contributed by atoms with Crippen LogP contribution in [0, 0.1) is 0 Å². The highest BCUT2D eigenvalue weighted by atomic mass is 16.5. The second-order valence-electron chi connectivity index (χ2n) is 5.22. The van der Waals surface area contributed by atoms with Gasteiger partial charge in [-0.2, -0.15) is 5.10 Å². The summed E-state index contributed by atoms with van der Waals surface area (Å²) >= 11 is 0. The number of benzene rings is 1. The smallest absolute Gasteiger partial charge is 0.341 e. The second kappa shape index (κ2) is 8.09. The summed E-state index contributed by atoms with van der Waals surface area (Å²) in [4.78, 5) is 35.2. The van der Waals surface area contributed by atoms with Gasteiger partial charge in [0.05, 0.1) is 5.69 Å². The maximum Gasteiger partial charge on any atom is 0.341 e. The molecule has 3 N–H and O–H groups in total. The molecule has 0 aliphatic rings. The van der Waals surface area contributed by atoms with E-state index in [1.54, 1.807) is 18.2 Å². The molecule has 2 aromatic rings. The highest BCUT2D eigenvalue weighted by Crippen LogP contribution is 2.19. The van der Waals surface area contributed by atoms with E-state index in [4.69, 9.17) is 9.84 Å². The number of rotatable bonds is 7. The van der Waals surface area contributed by atoms with Gasteiger partial charge in [0.1, 0.15) is 11.3 Å². The number of aromatic amines is 1. The van der Waals surface area contributed by atoms with Crippen molar-refractivity contribution in [1.82, 2.24) is 10.2 Å². The summed E-state index contributed by atoms with van der Waals surface area (Å²) in [7, 11) is 0. The molecule has 0 bridgehead atoms. The molecule has 132 valence electrons. The van der Waals surface area contributed by atoms with Crippen LogP contribution >= 0.6 is 0 Å². The van der Waals surface area contributed by atoms with E-state index in [-0.39, 0.29) is 5.56 Å². The van der Waals surface area contributed by atoms with Crippen LogP contribution in [0.5, 0.6) is 5.75 Å². The fraction of sp³-hybridized carbons (Fsp3) is 0.294. The summed E-state index contributed by atoms with van der Waals surface area (Å²) in [6.45, 7) is 3.26. The van der Waals surface area contributed by atoms with Crippen LogP contribution in [0.15, 0.2) is 29.1 Å². The number of carbonyl (C=O) groups is 2. The number of amides is 1. The number of carboxylic acids is 1. The summed E-state index contributed by atoms with van der Waals surface area (Å²) in [6, 6.07) is 6.29. The number of aromatic nitrogens is 2. The third-order valence-electron chi connectivity index (χ3n) is 3.54. The molecule has 0 unspecified atom stereocenters. The number of ether oxygens (including phenoxy) is 1. The Bertz CT molecular complexity index is 844. The van der Waals surface area contributed by atoms with Gasteiger partial charge >= 0.3 is 5.97 Å². The Morgan fingerprint density at radius 1 is 1.28 bits per heavy atom. The first-order chi connectivity index (χ1) is 12.0. The zero-order valence-electron chi connectivity index (χ0n) is 14.0. The number of carbonyl (C=O) groups excluding carboxylic acids is 1. The van der Waals surface area contributed by atoms with E-state index in [1.165, 1.54) is 6.07 Å². The van der Waals surface area contributed by atoms with Gasteiger partial charge < -0.3 is 15.2 Å². The van der Waals surface area contributed by atoms with Crippen LogP contribution < -0.4 is 15.6 Å². The van der Waals surface area contributed by atoms with Crippen molar-refractivity contribution < 1.29 is 19.4 Å². The minimum Gasteiger partial charge on any atom is -0.482 e. The molecule has 2 rings (SSSR count). The molecule has 0 radical (unpaired) electrons. The fourth-order valence-electron chi connectivity index (χ4n) is 2.44. The van der Waals surface area contributed by atoms with Crippen LogP contribution in [0.3, 0.4) is 0 Å². The van der Waals surface area contributed by atoms with Crippen molar-refractivity contribution in [1.29, 1.82) is 0 Å². The number of nitrogens with one attached hydrogen (secondary N) is 2. The van der Waals surface area contributed by atoms with Gasteiger partial charge in [-0.1, -0.05) is 19.9 Å². The first-order valence-corrected chi connectivity index (χ1v) is 7.82. The molecular formula is C17H19N3O5. The van der Waals surface area contributed by atoms with E-state index < -0.39 is 24.0 Å². The van der Waals surface area contributed by atoms with Gasteiger partial charge in [-0.3, -0.25) is 9.59 Å². The van der Waals surface area contributed by atoms with Gasteiger partial charge in [-0.15, -0.1) is 0 Å². The number of nitrogens with zero attached hydrogens (tertiary/aromatic N) is 1. The molecule has 0 atom stereocenters. The third-order valence-corrected chi connectivity index (χ3v) is 3.54. The zero-order chi connectivity index (χ0) is 18.4. The Labute approximate surface area is 143 Å². The summed E-state index contributed by atoms with van der Waals surface area (Å²) < 4.78 is 5.07. The second-order valence-corrected chi connectivity index (χ2v) is 5.22. The van der Waals surface area contributed by atoms with E-state index in [0.717, 1.165) is 0 Å². The van der Waals surface area contributed by atoms with Crippen LogP contribution in [0.4, 0.5) is 5.69 Å². The van der Waals surface area contributed by atoms with Crippen LogP contribution in [-0.4, -0.2) is 33.8 Å². The molecule has 1 aromatic carbocycles. The molecule has 0 saturated heterocycles. The number of anilines is 1. The highest BCUT2D eigenvalue weighted by molar-refractivity contribution is 6.05. The van der Waals surface area contributed by atoms with Gasteiger partial charge in [-0.25, -0.2) is 9.89 Å². The van der Waals surface area contributed by atoms with Gasteiger partial charge in [-0.05, 0) is 30.5 Å². The maximum atomic E-state index is 12.6. The van der Waals surface area contributed by atoms with Crippen molar-refractivity contribution in [2.75, 3.05) is 11.9 Å². The van der Waals surface area contributed by atoms with E-state index in [1.807, 2.05) is 13.8 Å². The SMILES string of the molecule is CCc1n[nH]c(=O)c(C(=O)Nc2cccc(OCC(=O)O)c2)c1CC. The van der Waals surface area contributed by atoms with Crippen molar-refractivity contribution in [2.45, 2.75) is 26.7 Å². The Hall–Kier alpha value is -3.16. The number of aryl methyl sites for hydroxylation is 1. The van der Waals surface area contributed by atoms with Crippen molar-refractivity contribution in [3.63, 3.8) is 0 Å². The van der Waals surface area contributed by atoms with Crippen LogP contribution in [0.2, 0.25) is 0 Å². The largest absolute Gasteiger partial charge is 0.482 e. The van der Waals surface area contributed by atoms with Gasteiger partial charge in [0.15, 0.2) is 6.61 Å². The molecule has 0 aliphatic carbocycles. The molecule has 0 spiro atoms. The summed E-state index contributed by atoms with van der Waals surface area (Å²) in [5.74, 6) is -1.35. The van der Waals surface area contributed by atoms with Crippen molar-refractivity contribution >= 4 is 17.6 Å². The highest BCUT2D eigenvalue weighted by Gasteiger charge is 2.19. The maximum absolute atomic E-state index is 12.6. The average Bonchev–Trinajstić information content (AvgIpc) is 2.59. The first-order valence-electron chi connectivity index (χ1n) is 7.82. The molecule has 1 amide bonds. The number of H-pyrrole nitrogens is 1. The number of carboxylic acid groups (broad SMARTS) is 1. The Morgan fingerprint density at radius 3 is 2.68 bits per heavy atom. The molecule has 1 heterocycles. The molecule has 25 heavy (non-hydrogen) atoms. The van der Waals surface area contributed by atoms with Crippen LogP contribution in [0.1, 0.15) is 35.5 Å². The lowest BCUT2D eigenvalue weighted by molar-refractivity contribution is -0.139. The van der Waals surface area contributed by atoms with Gasteiger partial charge in [0, 0.05) is 11.8 Å². The number of hydrogen-bond acceptors (Lipinski definition) is 5. The Morgan fingerprint density at radius 2 is 2.04 bits per heavy atom. The summed E-state index contributed by atoms with van der Waals surface area (Å²) in [5.41, 5.74) is 1.16. The lowest BCUT2D eigenvalue weighted by Gasteiger charge is -2.11. The van der Waals surface area contributed by atoms with Gasteiger partial charge in [0.2, 0.25) is 0 Å². The third kappa shape index (κ3) is 4.43. The topological polar surface area (TPSA) is 121 Å². The fourth-order valence-corrected chi connectivity index (χ4v) is 2.44. The summed E-state index contributed by atoms with van der Waals surface area (Å²) in [6.07, 6.45) is 1.10. The van der Waals surface area contributed by atoms with Crippen LogP contribution in [-0.2, 0) is 17.6 Å². The van der Waals surface area contributed by atoms with Crippen molar-refractivity contribution in [3.8, 4) is 5.75 Å². The van der Waals surface area contributed by atoms with Crippen molar-refractivity contribution in [3.05, 3.63) is 51.4 Å². The molecule has 0 fully saturated rings. The van der Waals surface area contributed by atoms with Crippen LogP contribution in [0.25, 0.3) is 0 Å².